The van der Waals surface area contributed by atoms with Crippen LogP contribution in [0, 0.1) is 5.92 Å². The van der Waals surface area contributed by atoms with Gasteiger partial charge in [0, 0.05) is 29.6 Å². The Bertz CT molecular complexity index is 1000. The molecular formula is C20H24N4O3. The third kappa shape index (κ3) is 3.41. The third-order valence-electron chi connectivity index (χ3n) is 5.05. The number of ether oxygens (including phenoxy) is 1. The normalized spacial score (nSPS) is 24.7. The first-order valence-electron chi connectivity index (χ1n) is 9.37. The zero-order chi connectivity index (χ0) is 19.0. The molecule has 3 atom stereocenters. The molecule has 0 fully saturated rings. The number of hydrogen-bond donors (Lipinski definition) is 3. The summed E-state index contributed by atoms with van der Waals surface area (Å²) in [6.45, 7) is 4.34. The van der Waals surface area contributed by atoms with Gasteiger partial charge < -0.3 is 14.8 Å². The number of aliphatic hydroxyl groups excluding tert-OH is 1. The number of hydrogen-bond acceptors (Lipinski definition) is 6. The molecule has 2 aliphatic heterocycles. The maximum atomic E-state index is 11.5. The predicted molar refractivity (Wildman–Crippen MR) is 104 cm³/mol. The number of H-pyrrole nitrogens is 1. The molecule has 3 aliphatic rings. The second-order valence-corrected chi connectivity index (χ2v) is 6.81. The maximum Gasteiger partial charge on any atom is 0.248 e. The Morgan fingerprint density at radius 3 is 3.00 bits per heavy atom. The van der Waals surface area contributed by atoms with Gasteiger partial charge in [0.25, 0.3) is 0 Å². The molecule has 0 amide bonds. The van der Waals surface area contributed by atoms with Gasteiger partial charge in [-0.1, -0.05) is 19.1 Å². The van der Waals surface area contributed by atoms with Crippen LogP contribution in [0.3, 0.4) is 0 Å². The van der Waals surface area contributed by atoms with Crippen molar-refractivity contribution in [3.63, 3.8) is 0 Å². The number of aliphatic imine (C=N–C) groups is 1. The average Bonchev–Trinajstić information content (AvgIpc) is 3.11. The van der Waals surface area contributed by atoms with Crippen molar-refractivity contribution >= 4 is 17.9 Å². The maximum absolute atomic E-state index is 11.5. The fourth-order valence-corrected chi connectivity index (χ4v) is 3.67. The summed E-state index contributed by atoms with van der Waals surface area (Å²) in [5.41, 5.74) is 5.00. The van der Waals surface area contributed by atoms with E-state index in [1.807, 2.05) is 24.1 Å². The molecule has 3 N–H and O–H groups in total. The van der Waals surface area contributed by atoms with Gasteiger partial charge >= 0.3 is 0 Å². The van der Waals surface area contributed by atoms with Crippen molar-refractivity contribution in [3.05, 3.63) is 56.7 Å². The first-order valence-corrected chi connectivity index (χ1v) is 9.37. The molecule has 0 saturated heterocycles. The summed E-state index contributed by atoms with van der Waals surface area (Å²) in [6, 6.07) is 3.50. The Kier molecular flexibility index (Phi) is 4.82. The van der Waals surface area contributed by atoms with E-state index in [0.717, 1.165) is 34.9 Å². The summed E-state index contributed by atoms with van der Waals surface area (Å²) < 4.78 is 5.29. The second-order valence-electron chi connectivity index (χ2n) is 6.81. The lowest BCUT2D eigenvalue weighted by Crippen LogP contribution is -2.44. The number of nitrogens with zero attached hydrogens (tertiary/aromatic N) is 2. The van der Waals surface area contributed by atoms with Gasteiger partial charge in [-0.3, -0.25) is 9.80 Å². The number of rotatable bonds is 5. The minimum absolute atomic E-state index is 0.0810. The van der Waals surface area contributed by atoms with Crippen LogP contribution in [-0.4, -0.2) is 39.7 Å². The number of allylic oxidation sites excluding steroid dienone is 1. The minimum atomic E-state index is -1.02. The molecule has 142 valence electrons. The molecule has 7 nitrogen and oxygen atoms in total. The van der Waals surface area contributed by atoms with Gasteiger partial charge in [0.1, 0.15) is 11.5 Å². The van der Waals surface area contributed by atoms with Gasteiger partial charge in [-0.05, 0) is 43.2 Å². The Labute approximate surface area is 157 Å². The van der Waals surface area contributed by atoms with Crippen LogP contribution >= 0.6 is 0 Å². The zero-order valence-corrected chi connectivity index (χ0v) is 15.5. The van der Waals surface area contributed by atoms with Crippen molar-refractivity contribution in [2.75, 3.05) is 6.61 Å². The molecule has 3 heterocycles. The monoisotopic (exact) mass is 368 g/mol. The van der Waals surface area contributed by atoms with Gasteiger partial charge in [0.05, 0.1) is 6.04 Å². The molecule has 0 spiro atoms. The summed E-state index contributed by atoms with van der Waals surface area (Å²) in [7, 11) is 0. The molecule has 1 aromatic rings. The number of pyridine rings is 1. The van der Waals surface area contributed by atoms with E-state index in [1.165, 1.54) is 0 Å². The van der Waals surface area contributed by atoms with Crippen LogP contribution in [0.15, 0.2) is 45.6 Å². The number of aromatic amines is 1. The molecule has 1 aliphatic carbocycles. The van der Waals surface area contributed by atoms with E-state index in [9.17, 15) is 9.90 Å². The van der Waals surface area contributed by atoms with Crippen LogP contribution in [-0.2, 0) is 4.74 Å². The second kappa shape index (κ2) is 7.26. The summed E-state index contributed by atoms with van der Waals surface area (Å²) in [6.07, 6.45) is 8.84. The predicted octanol–water partition coefficient (Wildman–Crippen LogP) is 0.0894. The molecule has 0 bridgehead atoms. The highest BCUT2D eigenvalue weighted by Gasteiger charge is 2.32. The lowest BCUT2D eigenvalue weighted by atomic mass is 9.92. The molecule has 0 unspecified atom stereocenters. The van der Waals surface area contributed by atoms with Crippen molar-refractivity contribution in [2.45, 2.75) is 39.0 Å². The summed E-state index contributed by atoms with van der Waals surface area (Å²) in [5, 5.41) is 14.1. The topological polar surface area (TPSA) is 90.0 Å². The van der Waals surface area contributed by atoms with E-state index in [-0.39, 0.29) is 17.5 Å². The van der Waals surface area contributed by atoms with Crippen LogP contribution in [0.1, 0.15) is 26.7 Å². The molecule has 7 heteroatoms. The van der Waals surface area contributed by atoms with Gasteiger partial charge in [-0.2, -0.15) is 0 Å². The Hall–Kier alpha value is -2.48. The van der Waals surface area contributed by atoms with E-state index in [2.05, 4.69) is 40.6 Å². The third-order valence-corrected chi connectivity index (χ3v) is 5.05. The molecule has 27 heavy (non-hydrogen) atoms. The molecule has 4 rings (SSSR count). The van der Waals surface area contributed by atoms with Crippen molar-refractivity contribution in [3.8, 4) is 0 Å². The Balaban J connectivity index is 1.62. The van der Waals surface area contributed by atoms with Crippen molar-refractivity contribution in [1.82, 2.24) is 15.4 Å². The van der Waals surface area contributed by atoms with Gasteiger partial charge in [-0.15, -0.1) is 0 Å². The standard InChI is InChI=1S/C20H24N4O3/c1-3-14-10-17(20(26)27-4-2)21-18-11-16(23-24(14)18)13-5-7-15-12(9-13)6-8-19(25)22-15/h6-11,13,16,20,23,26H,3-5H2,1-2H3,(H,22,25)/t13-,16+,20+/m0/s1. The van der Waals surface area contributed by atoms with Crippen LogP contribution in [0.4, 0.5) is 0 Å². The van der Waals surface area contributed by atoms with E-state index in [4.69, 9.17) is 4.74 Å². The van der Waals surface area contributed by atoms with Crippen molar-refractivity contribution < 1.29 is 9.84 Å². The van der Waals surface area contributed by atoms with Gasteiger partial charge in [0.15, 0.2) is 6.29 Å². The zero-order valence-electron chi connectivity index (χ0n) is 15.5. The number of aromatic nitrogens is 1. The minimum Gasteiger partial charge on any atom is -0.363 e. The first-order chi connectivity index (χ1) is 13.1. The SMILES string of the molecule is CCO[C@@H](O)C1=NC2=C[C@H]([C@@H]3C=c4ccc(=O)[nH]c4=CC3)NN2C(CC)=C1. The quantitative estimate of drug-likeness (QED) is 0.641. The molecule has 0 radical (unpaired) electrons. The molecule has 0 saturated carbocycles. The fraction of sp³-hybridized carbons (Fsp3) is 0.400. The van der Waals surface area contributed by atoms with E-state index in [1.54, 1.807) is 6.07 Å². The van der Waals surface area contributed by atoms with Gasteiger partial charge in [0.2, 0.25) is 5.56 Å². The lowest BCUT2D eigenvalue weighted by Gasteiger charge is -2.30. The molecular weight excluding hydrogens is 344 g/mol. The average molecular weight is 368 g/mol. The highest BCUT2D eigenvalue weighted by Crippen LogP contribution is 2.29. The lowest BCUT2D eigenvalue weighted by molar-refractivity contribution is -0.0436. The number of hydrazine groups is 1. The van der Waals surface area contributed by atoms with E-state index in [0.29, 0.717) is 12.3 Å². The van der Waals surface area contributed by atoms with Crippen LogP contribution in [0.2, 0.25) is 0 Å². The first kappa shape index (κ1) is 17.9. The Morgan fingerprint density at radius 2 is 2.22 bits per heavy atom. The van der Waals surface area contributed by atoms with Crippen LogP contribution in [0.5, 0.6) is 0 Å². The summed E-state index contributed by atoms with van der Waals surface area (Å²) in [5.74, 6) is 1.03. The highest BCUT2D eigenvalue weighted by atomic mass is 16.6. The largest absolute Gasteiger partial charge is 0.363 e. The summed E-state index contributed by atoms with van der Waals surface area (Å²) in [4.78, 5) is 18.9. The number of fused-ring (bicyclic) bond motifs is 2. The smallest absolute Gasteiger partial charge is 0.248 e. The van der Waals surface area contributed by atoms with E-state index >= 15 is 0 Å². The summed E-state index contributed by atoms with van der Waals surface area (Å²) >= 11 is 0. The highest BCUT2D eigenvalue weighted by molar-refractivity contribution is 5.99. The van der Waals surface area contributed by atoms with E-state index < -0.39 is 6.29 Å². The van der Waals surface area contributed by atoms with Crippen molar-refractivity contribution in [1.29, 1.82) is 0 Å². The number of aliphatic hydroxyl groups is 1. The van der Waals surface area contributed by atoms with Crippen LogP contribution in [0.25, 0.3) is 12.2 Å². The van der Waals surface area contributed by atoms with Gasteiger partial charge in [-0.25, -0.2) is 10.4 Å². The van der Waals surface area contributed by atoms with Crippen LogP contribution < -0.4 is 21.6 Å². The molecule has 1 aromatic heterocycles. The molecule has 0 aromatic carbocycles. The number of nitrogens with one attached hydrogen (secondary N) is 2. The fourth-order valence-electron chi connectivity index (χ4n) is 3.67. The van der Waals surface area contributed by atoms with Crippen molar-refractivity contribution in [2.24, 2.45) is 10.9 Å². The Morgan fingerprint density at radius 1 is 1.37 bits per heavy atom.